The molecule has 0 bridgehead atoms. The maximum Gasteiger partial charge on any atom is 0.214 e. The minimum Gasteiger partial charge on any atom is -0.493 e. The van der Waals surface area contributed by atoms with Gasteiger partial charge in [-0.1, -0.05) is 18.1 Å². The zero-order valence-electron chi connectivity index (χ0n) is 13.1. The Bertz CT molecular complexity index is 857. The fourth-order valence-corrected chi connectivity index (χ4v) is 2.74. The maximum absolute atomic E-state index is 5.67. The van der Waals surface area contributed by atoms with Crippen LogP contribution < -0.4 is 9.72 Å². The lowest BCUT2D eigenvalue weighted by Gasteiger charge is -2.06. The molecule has 1 N–H and O–H groups in total. The number of hydrogen-bond acceptors (Lipinski definition) is 3. The van der Waals surface area contributed by atoms with E-state index in [9.17, 15) is 0 Å². The first-order valence-electron chi connectivity index (χ1n) is 7.44. The van der Waals surface area contributed by atoms with Crippen LogP contribution in [0, 0.1) is 18.8 Å². The van der Waals surface area contributed by atoms with E-state index >= 15 is 0 Å². The molecule has 0 aliphatic rings. The highest BCUT2D eigenvalue weighted by molar-refractivity contribution is 7.09. The molecular formula is C19H17N2OS+. The first-order chi connectivity index (χ1) is 11.3. The van der Waals surface area contributed by atoms with Crippen LogP contribution in [0.15, 0.2) is 48.0 Å². The van der Waals surface area contributed by atoms with Crippen molar-refractivity contribution in [2.45, 2.75) is 13.8 Å². The molecule has 3 nitrogen and oxygen atoms in total. The number of para-hydroxylation sites is 1. The number of nitrogens with zero attached hydrogens (tertiary/aromatic N) is 1. The number of hydrogen-bond donors (Lipinski definition) is 0. The molecule has 3 aromatic rings. The molecule has 0 unspecified atom stereocenters. The Morgan fingerprint density at radius 1 is 1.17 bits per heavy atom. The molecule has 0 amide bonds. The lowest BCUT2D eigenvalue weighted by atomic mass is 10.1. The topological polar surface area (TPSA) is 36.3 Å². The average molecular weight is 321 g/mol. The second kappa shape index (κ2) is 7.08. The van der Waals surface area contributed by atoms with Gasteiger partial charge in [0.1, 0.15) is 11.4 Å². The van der Waals surface area contributed by atoms with Crippen molar-refractivity contribution in [1.29, 1.82) is 0 Å². The summed E-state index contributed by atoms with van der Waals surface area (Å²) in [6.07, 6.45) is 1.91. The molecule has 0 atom stereocenters. The second-order valence-electron chi connectivity index (χ2n) is 4.92. The van der Waals surface area contributed by atoms with Gasteiger partial charge >= 0.3 is 0 Å². The molecule has 0 spiro atoms. The highest BCUT2D eigenvalue weighted by atomic mass is 32.1. The van der Waals surface area contributed by atoms with Crippen molar-refractivity contribution in [2.75, 3.05) is 6.61 Å². The van der Waals surface area contributed by atoms with E-state index in [2.05, 4.69) is 21.8 Å². The molecule has 0 aliphatic heterocycles. The number of aryl methyl sites for hydroxylation is 1. The molecular weight excluding hydrogens is 304 g/mol. The lowest BCUT2D eigenvalue weighted by Crippen LogP contribution is -2.07. The standard InChI is InChI=1S/C19H16N2OS/c1-3-22-19-7-5-4-6-17(19)18-11-9-15(12-20-18)8-10-16-13-23-14(2)21-16/h4-7,9,11-13H,3H2,1-2H3/p+1. The Balaban J connectivity index is 1.84. The minimum absolute atomic E-state index is 0.646. The first kappa shape index (κ1) is 15.3. The van der Waals surface area contributed by atoms with E-state index in [0.717, 1.165) is 33.3 Å². The van der Waals surface area contributed by atoms with Crippen LogP contribution in [-0.2, 0) is 0 Å². The quantitative estimate of drug-likeness (QED) is 0.689. The number of benzene rings is 1. The van der Waals surface area contributed by atoms with Crippen LogP contribution in [0.5, 0.6) is 5.75 Å². The Hall–Kier alpha value is -2.64. The van der Waals surface area contributed by atoms with E-state index in [1.54, 1.807) is 11.3 Å². The van der Waals surface area contributed by atoms with E-state index in [0.29, 0.717) is 6.61 Å². The zero-order chi connectivity index (χ0) is 16.1. The van der Waals surface area contributed by atoms with Crippen molar-refractivity contribution in [3.05, 3.63) is 64.2 Å². The Labute approximate surface area is 140 Å². The summed E-state index contributed by atoms with van der Waals surface area (Å²) in [5.74, 6) is 7.08. The lowest BCUT2D eigenvalue weighted by molar-refractivity contribution is -0.364. The second-order valence-corrected chi connectivity index (χ2v) is 5.98. The molecule has 3 rings (SSSR count). The van der Waals surface area contributed by atoms with E-state index < -0.39 is 0 Å². The third-order valence-electron chi connectivity index (χ3n) is 3.24. The number of thiazole rings is 1. The number of nitrogens with one attached hydrogen (secondary N) is 1. The monoisotopic (exact) mass is 321 g/mol. The van der Waals surface area contributed by atoms with Gasteiger partial charge < -0.3 is 4.74 Å². The third kappa shape index (κ3) is 3.77. The van der Waals surface area contributed by atoms with Gasteiger partial charge in [0.25, 0.3) is 0 Å². The van der Waals surface area contributed by atoms with Crippen molar-refractivity contribution < 1.29 is 9.72 Å². The third-order valence-corrected chi connectivity index (χ3v) is 4.02. The maximum atomic E-state index is 5.67. The SMILES string of the molecule is CCOc1ccccc1-c1ccc(C#Cc2csc(C)n2)c[nH+]1. The van der Waals surface area contributed by atoms with Gasteiger partial charge in [-0.15, -0.1) is 11.3 Å². The van der Waals surface area contributed by atoms with E-state index in [1.807, 2.05) is 61.8 Å². The van der Waals surface area contributed by atoms with Crippen molar-refractivity contribution in [1.82, 2.24) is 4.98 Å². The number of pyridine rings is 1. The Kier molecular flexibility index (Phi) is 4.70. The number of rotatable bonds is 3. The molecule has 114 valence electrons. The van der Waals surface area contributed by atoms with E-state index in [4.69, 9.17) is 4.74 Å². The predicted molar refractivity (Wildman–Crippen MR) is 92.4 cm³/mol. The average Bonchev–Trinajstić information content (AvgIpc) is 3.00. The summed E-state index contributed by atoms with van der Waals surface area (Å²) in [5.41, 5.74) is 3.79. The van der Waals surface area contributed by atoms with Gasteiger partial charge in [-0.2, -0.15) is 0 Å². The summed E-state index contributed by atoms with van der Waals surface area (Å²) in [4.78, 5) is 7.63. The summed E-state index contributed by atoms with van der Waals surface area (Å²) in [6.45, 7) is 4.61. The zero-order valence-corrected chi connectivity index (χ0v) is 13.9. The van der Waals surface area contributed by atoms with Crippen LogP contribution in [0.2, 0.25) is 0 Å². The fourth-order valence-electron chi connectivity index (χ4n) is 2.20. The molecule has 0 fully saturated rings. The highest BCUT2D eigenvalue weighted by Gasteiger charge is 2.11. The summed E-state index contributed by atoms with van der Waals surface area (Å²) in [7, 11) is 0. The molecule has 23 heavy (non-hydrogen) atoms. The smallest absolute Gasteiger partial charge is 0.214 e. The molecule has 0 saturated heterocycles. The van der Waals surface area contributed by atoms with Crippen LogP contribution in [0.25, 0.3) is 11.3 Å². The first-order valence-corrected chi connectivity index (χ1v) is 8.32. The van der Waals surface area contributed by atoms with Crippen LogP contribution in [-0.4, -0.2) is 11.6 Å². The summed E-state index contributed by atoms with van der Waals surface area (Å²) in [6, 6.07) is 12.0. The summed E-state index contributed by atoms with van der Waals surface area (Å²) in [5, 5.41) is 3.00. The van der Waals surface area contributed by atoms with Crippen molar-refractivity contribution in [2.24, 2.45) is 0 Å². The summed E-state index contributed by atoms with van der Waals surface area (Å²) < 4.78 is 5.67. The Morgan fingerprint density at radius 2 is 2.04 bits per heavy atom. The molecule has 0 aliphatic carbocycles. The fraction of sp³-hybridized carbons (Fsp3) is 0.158. The van der Waals surface area contributed by atoms with Gasteiger partial charge in [0.05, 0.1) is 22.7 Å². The van der Waals surface area contributed by atoms with Gasteiger partial charge in [-0.3, -0.25) is 0 Å². The number of aromatic amines is 1. The molecule has 1 aromatic carbocycles. The summed E-state index contributed by atoms with van der Waals surface area (Å²) >= 11 is 1.61. The van der Waals surface area contributed by atoms with Gasteiger partial charge in [0.15, 0.2) is 6.20 Å². The van der Waals surface area contributed by atoms with Gasteiger partial charge in [0, 0.05) is 11.4 Å². The highest BCUT2D eigenvalue weighted by Crippen LogP contribution is 2.26. The minimum atomic E-state index is 0.646. The van der Waals surface area contributed by atoms with E-state index in [-0.39, 0.29) is 0 Å². The molecule has 2 aromatic heterocycles. The van der Waals surface area contributed by atoms with Crippen LogP contribution >= 0.6 is 11.3 Å². The van der Waals surface area contributed by atoms with Crippen molar-refractivity contribution in [3.8, 4) is 28.8 Å². The Morgan fingerprint density at radius 3 is 2.74 bits per heavy atom. The molecule has 0 radical (unpaired) electrons. The van der Waals surface area contributed by atoms with Gasteiger partial charge in [0.2, 0.25) is 5.69 Å². The van der Waals surface area contributed by atoms with Crippen LogP contribution in [0.1, 0.15) is 23.2 Å². The number of H-pyrrole nitrogens is 1. The van der Waals surface area contributed by atoms with Crippen molar-refractivity contribution in [3.63, 3.8) is 0 Å². The molecule has 0 saturated carbocycles. The normalized spacial score (nSPS) is 10.0. The van der Waals surface area contributed by atoms with Gasteiger partial charge in [-0.05, 0) is 38.0 Å². The van der Waals surface area contributed by atoms with E-state index in [1.165, 1.54) is 0 Å². The van der Waals surface area contributed by atoms with Crippen LogP contribution in [0.3, 0.4) is 0 Å². The van der Waals surface area contributed by atoms with Gasteiger partial charge in [-0.25, -0.2) is 9.97 Å². The molecule has 2 heterocycles. The largest absolute Gasteiger partial charge is 0.493 e. The predicted octanol–water partition coefficient (Wildman–Crippen LogP) is 3.73. The van der Waals surface area contributed by atoms with Crippen LogP contribution in [0.4, 0.5) is 0 Å². The number of aromatic nitrogens is 2. The van der Waals surface area contributed by atoms with Crippen molar-refractivity contribution >= 4 is 11.3 Å². The number of ether oxygens (including phenoxy) is 1. The molecule has 4 heteroatoms.